The summed E-state index contributed by atoms with van der Waals surface area (Å²) < 4.78 is 0. The zero-order chi connectivity index (χ0) is 19.3. The Balaban J connectivity index is 1.64. The van der Waals surface area contributed by atoms with Gasteiger partial charge in [-0.2, -0.15) is 0 Å². The average molecular weight is 366 g/mol. The van der Waals surface area contributed by atoms with Gasteiger partial charge >= 0.3 is 6.03 Å². The molecule has 1 aliphatic heterocycles. The van der Waals surface area contributed by atoms with Crippen molar-refractivity contribution < 1.29 is 14.4 Å². The summed E-state index contributed by atoms with van der Waals surface area (Å²) >= 11 is 0. The molecule has 7 nitrogen and oxygen atoms in total. The Morgan fingerprint density at radius 1 is 1.11 bits per heavy atom. The molecule has 0 spiro atoms. The van der Waals surface area contributed by atoms with Crippen LogP contribution in [0.1, 0.15) is 24.0 Å². The predicted octanol–water partition coefficient (Wildman–Crippen LogP) is 1.60. The standard InChI is InChI=1S/C20H22N4O3/c1-24(14-10-15-8-12-21-13-9-15)17(25)7-11-20(16-5-3-2-4-6-16)18(26)22-19(27)23-20/h2-6,8-9,12-13H,7,10-11,14H2,1H3,(H2,22,23,26,27). The van der Waals surface area contributed by atoms with E-state index in [1.54, 1.807) is 48.6 Å². The van der Waals surface area contributed by atoms with Gasteiger partial charge in [-0.1, -0.05) is 30.3 Å². The van der Waals surface area contributed by atoms with E-state index in [0.29, 0.717) is 12.1 Å². The van der Waals surface area contributed by atoms with Crippen LogP contribution in [0.25, 0.3) is 0 Å². The molecule has 1 aromatic heterocycles. The van der Waals surface area contributed by atoms with Gasteiger partial charge in [0.15, 0.2) is 0 Å². The molecular weight excluding hydrogens is 344 g/mol. The minimum Gasteiger partial charge on any atom is -0.345 e. The molecule has 0 saturated carbocycles. The van der Waals surface area contributed by atoms with Gasteiger partial charge in [-0.25, -0.2) is 4.79 Å². The SMILES string of the molecule is CN(CCc1ccncc1)C(=O)CCC1(c2ccccc2)NC(=O)NC1=O. The molecule has 0 bridgehead atoms. The summed E-state index contributed by atoms with van der Waals surface area (Å²) in [5, 5.41) is 4.99. The number of amides is 4. The molecular formula is C20H22N4O3. The fourth-order valence-corrected chi connectivity index (χ4v) is 3.19. The highest BCUT2D eigenvalue weighted by atomic mass is 16.2. The molecule has 2 N–H and O–H groups in total. The van der Waals surface area contributed by atoms with Gasteiger partial charge in [0, 0.05) is 32.4 Å². The van der Waals surface area contributed by atoms with E-state index in [1.165, 1.54) is 0 Å². The fourth-order valence-electron chi connectivity index (χ4n) is 3.19. The topological polar surface area (TPSA) is 91.4 Å². The summed E-state index contributed by atoms with van der Waals surface area (Å²) in [5.41, 5.74) is 0.563. The third-order valence-corrected chi connectivity index (χ3v) is 4.83. The van der Waals surface area contributed by atoms with Crippen LogP contribution in [0.15, 0.2) is 54.9 Å². The number of urea groups is 1. The second kappa shape index (κ2) is 7.99. The van der Waals surface area contributed by atoms with E-state index >= 15 is 0 Å². The average Bonchev–Trinajstić information content (AvgIpc) is 3.00. The molecule has 2 heterocycles. The van der Waals surface area contributed by atoms with E-state index in [4.69, 9.17) is 0 Å². The zero-order valence-corrected chi connectivity index (χ0v) is 15.1. The monoisotopic (exact) mass is 366 g/mol. The summed E-state index contributed by atoms with van der Waals surface area (Å²) in [6.45, 7) is 0.569. The lowest BCUT2D eigenvalue weighted by Crippen LogP contribution is -2.45. The van der Waals surface area contributed by atoms with Crippen LogP contribution < -0.4 is 10.6 Å². The van der Waals surface area contributed by atoms with Crippen molar-refractivity contribution in [3.8, 4) is 0 Å². The Bertz CT molecular complexity index is 826. The van der Waals surface area contributed by atoms with Crippen molar-refractivity contribution in [3.05, 3.63) is 66.0 Å². The molecule has 140 valence electrons. The number of nitrogens with zero attached hydrogens (tertiary/aromatic N) is 2. The summed E-state index contributed by atoms with van der Waals surface area (Å²) in [6.07, 6.45) is 4.53. The van der Waals surface area contributed by atoms with Crippen LogP contribution in [0.2, 0.25) is 0 Å². The highest BCUT2D eigenvalue weighted by molar-refractivity contribution is 6.07. The molecule has 0 radical (unpaired) electrons. The lowest BCUT2D eigenvalue weighted by Gasteiger charge is -2.27. The first-order valence-corrected chi connectivity index (χ1v) is 8.83. The summed E-state index contributed by atoms with van der Waals surface area (Å²) in [5.74, 6) is -0.501. The number of hydrogen-bond donors (Lipinski definition) is 2. The Hall–Kier alpha value is -3.22. The van der Waals surface area contributed by atoms with Crippen molar-refractivity contribution in [2.75, 3.05) is 13.6 Å². The predicted molar refractivity (Wildman–Crippen MR) is 99.6 cm³/mol. The van der Waals surface area contributed by atoms with Gasteiger partial charge < -0.3 is 10.2 Å². The zero-order valence-electron chi connectivity index (χ0n) is 15.1. The molecule has 27 heavy (non-hydrogen) atoms. The van der Waals surface area contributed by atoms with Gasteiger partial charge in [-0.3, -0.25) is 19.9 Å². The van der Waals surface area contributed by atoms with Gasteiger partial charge in [0.1, 0.15) is 5.54 Å². The number of hydrogen-bond acceptors (Lipinski definition) is 4. The third kappa shape index (κ3) is 4.13. The molecule has 1 fully saturated rings. The second-order valence-corrected chi connectivity index (χ2v) is 6.60. The van der Waals surface area contributed by atoms with E-state index in [9.17, 15) is 14.4 Å². The van der Waals surface area contributed by atoms with Crippen molar-refractivity contribution in [3.63, 3.8) is 0 Å². The molecule has 1 aliphatic rings. The summed E-state index contributed by atoms with van der Waals surface area (Å²) in [7, 11) is 1.74. The normalized spacial score (nSPS) is 18.7. The van der Waals surface area contributed by atoms with Gasteiger partial charge in [0.25, 0.3) is 5.91 Å². The first-order valence-electron chi connectivity index (χ1n) is 8.83. The number of imide groups is 1. The molecule has 1 unspecified atom stereocenters. The Kier molecular flexibility index (Phi) is 5.49. The molecule has 0 aliphatic carbocycles. The van der Waals surface area contributed by atoms with Crippen LogP contribution in [0.5, 0.6) is 0 Å². The van der Waals surface area contributed by atoms with E-state index in [0.717, 1.165) is 12.0 Å². The molecule has 1 aromatic carbocycles. The number of carbonyl (C=O) groups is 3. The van der Waals surface area contributed by atoms with Crippen molar-refractivity contribution in [2.24, 2.45) is 0 Å². The third-order valence-electron chi connectivity index (χ3n) is 4.83. The van der Waals surface area contributed by atoms with E-state index < -0.39 is 17.5 Å². The lowest BCUT2D eigenvalue weighted by molar-refractivity contribution is -0.131. The fraction of sp³-hybridized carbons (Fsp3) is 0.300. The molecule has 1 atom stereocenters. The van der Waals surface area contributed by atoms with Crippen molar-refractivity contribution in [1.82, 2.24) is 20.5 Å². The minimum absolute atomic E-state index is 0.0756. The van der Waals surface area contributed by atoms with E-state index in [-0.39, 0.29) is 18.7 Å². The number of likely N-dealkylation sites (N-methyl/N-ethyl adjacent to an activating group) is 1. The van der Waals surface area contributed by atoms with Crippen molar-refractivity contribution in [1.29, 1.82) is 0 Å². The molecule has 4 amide bonds. The van der Waals surface area contributed by atoms with Crippen LogP contribution in [-0.4, -0.2) is 41.3 Å². The number of rotatable bonds is 7. The van der Waals surface area contributed by atoms with Gasteiger partial charge in [-0.15, -0.1) is 0 Å². The van der Waals surface area contributed by atoms with E-state index in [1.807, 2.05) is 18.2 Å². The summed E-state index contributed by atoms with van der Waals surface area (Å²) in [4.78, 5) is 42.4. The van der Waals surface area contributed by atoms with Crippen LogP contribution in [0.4, 0.5) is 4.79 Å². The molecule has 1 saturated heterocycles. The number of benzene rings is 1. The first kappa shape index (κ1) is 18.6. The maximum absolute atomic E-state index is 12.6. The Morgan fingerprint density at radius 3 is 2.44 bits per heavy atom. The number of carbonyl (C=O) groups excluding carboxylic acids is 3. The largest absolute Gasteiger partial charge is 0.345 e. The van der Waals surface area contributed by atoms with Crippen LogP contribution in [-0.2, 0) is 21.5 Å². The highest BCUT2D eigenvalue weighted by Crippen LogP contribution is 2.30. The first-order chi connectivity index (χ1) is 13.0. The van der Waals surface area contributed by atoms with E-state index in [2.05, 4.69) is 15.6 Å². The Morgan fingerprint density at radius 2 is 1.81 bits per heavy atom. The maximum Gasteiger partial charge on any atom is 0.322 e. The van der Waals surface area contributed by atoms with Crippen molar-refractivity contribution >= 4 is 17.8 Å². The summed E-state index contributed by atoms with van der Waals surface area (Å²) in [6, 6.07) is 12.3. The number of aromatic nitrogens is 1. The maximum atomic E-state index is 12.6. The molecule has 2 aromatic rings. The number of pyridine rings is 1. The van der Waals surface area contributed by atoms with Crippen molar-refractivity contribution in [2.45, 2.75) is 24.8 Å². The number of nitrogens with one attached hydrogen (secondary N) is 2. The second-order valence-electron chi connectivity index (χ2n) is 6.60. The van der Waals surface area contributed by atoms with Gasteiger partial charge in [0.2, 0.25) is 5.91 Å². The highest BCUT2D eigenvalue weighted by Gasteiger charge is 2.47. The quantitative estimate of drug-likeness (QED) is 0.728. The molecule has 7 heteroatoms. The Labute approximate surface area is 157 Å². The lowest BCUT2D eigenvalue weighted by atomic mass is 9.85. The van der Waals surface area contributed by atoms with Gasteiger partial charge in [-0.05, 0) is 36.1 Å². The smallest absolute Gasteiger partial charge is 0.322 e. The van der Waals surface area contributed by atoms with Gasteiger partial charge in [0.05, 0.1) is 0 Å². The van der Waals surface area contributed by atoms with Crippen LogP contribution >= 0.6 is 0 Å². The minimum atomic E-state index is -1.21. The van der Waals surface area contributed by atoms with Crippen LogP contribution in [0, 0.1) is 0 Å². The van der Waals surface area contributed by atoms with Crippen LogP contribution in [0.3, 0.4) is 0 Å². The molecule has 3 rings (SSSR count).